The summed E-state index contributed by atoms with van der Waals surface area (Å²) < 4.78 is 68.8. The summed E-state index contributed by atoms with van der Waals surface area (Å²) in [7, 11) is 3.70. The van der Waals surface area contributed by atoms with Crippen LogP contribution >= 0.6 is 28.3 Å². The maximum absolute atomic E-state index is 12.4. The fraction of sp³-hybridized carbons (Fsp3) is 0.861. The van der Waals surface area contributed by atoms with Gasteiger partial charge in [-0.3, -0.25) is 20.0 Å². The van der Waals surface area contributed by atoms with Gasteiger partial charge in [0.1, 0.15) is 17.8 Å². The van der Waals surface area contributed by atoms with E-state index in [-0.39, 0.29) is 228 Å². The Labute approximate surface area is 938 Å². The Hall–Kier alpha value is -1.76. The summed E-state index contributed by atoms with van der Waals surface area (Å²) in [5.74, 6) is 4.65. The van der Waals surface area contributed by atoms with E-state index < -0.39 is 34.9 Å². The molecule has 3 saturated carbocycles. The number of hydrogen-bond acceptors (Lipinski definition) is 23. The number of rotatable bonds is 8. The van der Waals surface area contributed by atoms with E-state index in [4.69, 9.17) is 82.2 Å². The van der Waals surface area contributed by atoms with Crippen LogP contribution in [0.1, 0.15) is 396 Å². The molecule has 3 unspecified atom stereocenters. The zero-order valence-electron chi connectivity index (χ0n) is 97.7. The normalized spacial score (nSPS) is 36.4. The van der Waals surface area contributed by atoms with Crippen LogP contribution in [0.4, 0.5) is 0 Å². The summed E-state index contributed by atoms with van der Waals surface area (Å²) in [6.45, 7) is 92.7. The molecule has 1 aromatic rings. The third-order valence-corrected chi connectivity index (χ3v) is 35.8. The molecule has 30 heteroatoms. The minimum absolute atomic E-state index is 0. The molecule has 145 heavy (non-hydrogen) atoms. The molecule has 0 bridgehead atoms. The van der Waals surface area contributed by atoms with Crippen molar-refractivity contribution in [1.29, 1.82) is 1.28 Å². The van der Waals surface area contributed by atoms with Crippen molar-refractivity contribution in [3.8, 4) is 0 Å². The van der Waals surface area contributed by atoms with Crippen LogP contribution in [0.25, 0.3) is 9.69 Å². The Morgan fingerprint density at radius 2 is 0.772 bits per heavy atom. The molecule has 15 aliphatic rings. The Kier molecular flexibility index (Phi) is 52.5. The van der Waals surface area contributed by atoms with E-state index in [1.54, 1.807) is 0 Å². The van der Waals surface area contributed by atoms with Crippen LogP contribution in [-0.4, -0.2) is 170 Å². The second-order valence-electron chi connectivity index (χ2n) is 52.2. The van der Waals surface area contributed by atoms with Gasteiger partial charge in [0.25, 0.3) is 0 Å². The van der Waals surface area contributed by atoms with Crippen LogP contribution in [0.15, 0.2) is 45.6 Å². The summed E-state index contributed by atoms with van der Waals surface area (Å²) in [6.07, 6.45) is 31.0. The summed E-state index contributed by atoms with van der Waals surface area (Å²) in [5, 5.41) is 44.6. The second kappa shape index (κ2) is 55.4. The van der Waals surface area contributed by atoms with Gasteiger partial charge in [0.05, 0.1) is 155 Å². The Morgan fingerprint density at radius 3 is 1.12 bits per heavy atom. The molecule has 24 atom stereocenters. The number of halogens is 1. The van der Waals surface area contributed by atoms with Crippen LogP contribution < -0.4 is 75.0 Å². The first-order valence-corrected chi connectivity index (χ1v) is 56.5. The Balaban J connectivity index is 0.000000563. The van der Waals surface area contributed by atoms with Gasteiger partial charge in [0.15, 0.2) is 41.9 Å². The second-order valence-corrected chi connectivity index (χ2v) is 54.9. The fourth-order valence-corrected chi connectivity index (χ4v) is 27.8. The molecule has 1 spiro atoms. The van der Waals surface area contributed by atoms with Crippen molar-refractivity contribution in [2.24, 2.45) is 118 Å². The van der Waals surface area contributed by atoms with Crippen molar-refractivity contribution >= 4 is 69.6 Å². The molecule has 16 rings (SSSR count). The summed E-state index contributed by atoms with van der Waals surface area (Å²) in [5.41, 5.74) is 1.66. The first kappa shape index (κ1) is 137. The molecule has 822 valence electrons. The number of Topliss-reactive ketones (excluding diaryl/α,β-unsaturated/α-hetero) is 4. The van der Waals surface area contributed by atoms with E-state index in [9.17, 15) is 29.1 Å². The van der Waals surface area contributed by atoms with Gasteiger partial charge in [-0.1, -0.05) is 273 Å². The van der Waals surface area contributed by atoms with E-state index in [0.29, 0.717) is 83.8 Å². The van der Waals surface area contributed by atoms with E-state index in [1.807, 2.05) is 59.9 Å². The van der Waals surface area contributed by atoms with Gasteiger partial charge >= 0.3 is 60.4 Å². The van der Waals surface area contributed by atoms with Crippen LogP contribution in [0.5, 0.6) is 0 Å². The average Bonchev–Trinajstić information content (AvgIpc) is 1.66. The molecular formula is C115H198ClN4Na2O20P2S+. The van der Waals surface area contributed by atoms with Gasteiger partial charge in [-0.05, 0) is 203 Å². The number of ether oxygens (including phenoxy) is 9. The predicted octanol–water partition coefficient (Wildman–Crippen LogP) is 19.0. The van der Waals surface area contributed by atoms with Crippen molar-refractivity contribution in [3.05, 3.63) is 75.2 Å². The standard InChI is InChI=1S/C17H30O3.C16H25NO2.2C16H23NO2.C16H26O3.C16H28O2.C15H26O2.2CH3O.CH4.ClH.H3NO2.2Na.H2P2S/c1-12(2)13-6-7-16(5)8-9-17(18-10-11-19-17)15(3,4)14(16)20-13;1-10(2)12-6-7-16(5)8-11-9-17-19-13(11)15(3,4)14(16)18-12;2*1-10(2)12-7-8-16(5)9-11(17-6)13(18)15(3,4)14(16)19-12;1-10(2)12-6-7-16(5)8-11(9-17)13(18)15(3,4)14(16)19-12;1-10(2)12-7-8-16(6)9-11(3)13(17)15(4,5)14(16)18-12;1-10(2)11-6-8-15(5)9-7-12(16)14(3,4)13(15)17-11;2*1-2;;;2-1-3;;;1-2-3/h12-14H,6-11H2,1-5H3;9-10,12,14H,6-8H2,1-5H3;2*9-10,12,14H,7-8H2,1-5H3;9-12,14H,6-8H2,1-5H3;10,12,14,17H,7-9H2,1-6H3;10-11,13H,6-9H2,1-5H3;2*1H3;1H4;1H;1-3H;;;1H2/q;;;;;;;2*-1;;;;2*+1;/p+1/t13-,14+,16+;3*12-,14+,16+;11?,12-,14+,16+;12-,14+,16+;11-,13+,15+;;;;;;;;/m1110111......../s1/i/hT. The predicted molar refractivity (Wildman–Crippen MR) is 576 cm³/mol. The fourth-order valence-electron chi connectivity index (χ4n) is 27.8. The van der Waals surface area contributed by atoms with E-state index >= 15 is 0 Å². The molecular weight excluding hydrogens is 1930 g/mol. The van der Waals surface area contributed by atoms with Crippen LogP contribution in [0.3, 0.4) is 0 Å². The third kappa shape index (κ3) is 30.2. The Morgan fingerprint density at radius 1 is 0.469 bits per heavy atom. The molecule has 0 amide bonds. The number of nitrogens with zero attached hydrogens (tertiary/aromatic N) is 3. The minimum atomic E-state index is -0.870. The van der Waals surface area contributed by atoms with Crippen LogP contribution in [-0.2, 0) is 90.2 Å². The topological polar surface area (TPSA) is 322 Å². The first-order chi connectivity index (χ1) is 65.4. The quantitative estimate of drug-likeness (QED) is 0.0469. The zero-order valence-corrected chi connectivity index (χ0v) is 104. The maximum atomic E-state index is 12.4. The first-order valence-electron chi connectivity index (χ1n) is 53.4. The number of nitrogens with one attached hydrogen (secondary N) is 1. The number of fused-ring (bicyclic) bond motifs is 8. The number of aromatic nitrogens is 1. The van der Waals surface area contributed by atoms with E-state index in [2.05, 4.69) is 243 Å². The Bertz CT molecular complexity index is 4500. The van der Waals surface area contributed by atoms with E-state index in [1.165, 1.54) is 44.1 Å². The van der Waals surface area contributed by atoms with Crippen molar-refractivity contribution < 1.29 is 156 Å². The van der Waals surface area contributed by atoms with Gasteiger partial charge in [0, 0.05) is 50.9 Å². The van der Waals surface area contributed by atoms with E-state index in [0.717, 1.165) is 141 Å². The van der Waals surface area contributed by atoms with Crippen molar-refractivity contribution in [2.75, 3.05) is 27.4 Å². The van der Waals surface area contributed by atoms with Crippen LogP contribution in [0, 0.1) is 131 Å². The van der Waals surface area contributed by atoms with Gasteiger partial charge in [0.2, 0.25) is 11.4 Å². The largest absolute Gasteiger partial charge is 1.00 e. The van der Waals surface area contributed by atoms with Gasteiger partial charge < -0.3 is 76.9 Å². The number of aliphatic hydroxyl groups is 1. The maximum Gasteiger partial charge on any atom is 1.00 e. The van der Waals surface area contributed by atoms with Crippen molar-refractivity contribution in [3.63, 3.8) is 0 Å². The number of ketones is 4. The summed E-state index contributed by atoms with van der Waals surface area (Å²) in [4.78, 5) is 67.4. The molecule has 8 aliphatic heterocycles. The van der Waals surface area contributed by atoms with Gasteiger partial charge in [-0.15, -0.1) is 12.4 Å². The molecule has 9 heterocycles. The monoisotopic (exact) mass is 2130 g/mol. The molecule has 11 fully saturated rings. The number of carbonyl (C=O) groups is 5. The summed E-state index contributed by atoms with van der Waals surface area (Å²) >= 11 is 4.31. The smallest absolute Gasteiger partial charge is 0.857 e. The van der Waals surface area contributed by atoms with Crippen molar-refractivity contribution in [1.82, 2.24) is 10.8 Å². The van der Waals surface area contributed by atoms with Gasteiger partial charge in [-0.25, -0.2) is 9.69 Å². The minimum Gasteiger partial charge on any atom is -0.857 e. The number of aliphatic hydroxyl groups excluding tert-OH is 1. The number of carbonyl (C=O) groups excluding carboxylic acids is 5. The molecule has 24 nitrogen and oxygen atoms in total. The molecule has 1 aromatic heterocycles. The zero-order chi connectivity index (χ0) is 109. The summed E-state index contributed by atoms with van der Waals surface area (Å²) in [6, 6.07) is 0. The number of allylic oxidation sites excluding steroid dienone is 3. The molecule has 0 radical (unpaired) electrons. The molecule has 4 N–H and O–H groups in total. The van der Waals surface area contributed by atoms with Crippen LogP contribution in [0.2, 0.25) is 0 Å². The molecule has 7 aliphatic carbocycles. The third-order valence-electron chi connectivity index (χ3n) is 35.8. The molecule has 0 aromatic carbocycles. The number of hydrogen-bond donors (Lipinski definition) is 4. The van der Waals surface area contributed by atoms with Crippen molar-refractivity contribution in [2.45, 2.75) is 488 Å². The average molecular weight is 2130 g/mol. The SMILES string of the molecule is C.CC(C)[C@H]1CC[C@@]2(C)CC(C=O)C(=O)C(C)(C)[C@@H]2O1.CC(C)[C@H]1CC[C@@]2(C)CCC(=O)C(C)(C)[C@@H]2O1.CC(C)[C@H]1CC[C@@]2(C)CCC3(OCCO3)C(C)(C)[C@@H]2O1.CC(C)[C@H]1CC[C@@]2(C)Cc3cnoc3C(C)(C)[C@@H]2O1.CC1=C(O)C(C)(C)[C@@H]2O[C@@H](C(C)C)CC[C@@]2(C)C1.C[O-].C[O-].Cl.ONO.[3H][P+](P)=S.[C-]#[N+]C1=C[C@@]2(C)CC[C@@H](C(C)C)O[C@@H]2C(C)(C)C1=O.[C-]#[N+]C1=C[C@]2(C)CC[C@H](C(C)C)O[C@H]2C(C)(C)C1=O.[Na+].[Na+]. The molecule has 8 saturated heterocycles. The van der Waals surface area contributed by atoms with Gasteiger partial charge in [-0.2, -0.15) is 14.2 Å². The number of aldehydes is 1.